The lowest BCUT2D eigenvalue weighted by molar-refractivity contribution is 0.0956. The normalized spacial score (nSPS) is 12.9. The largest absolute Gasteiger partial charge is 0.383 e. The summed E-state index contributed by atoms with van der Waals surface area (Å²) in [4.78, 5) is 11.7. The minimum Gasteiger partial charge on any atom is -0.383 e. The predicted molar refractivity (Wildman–Crippen MR) is 77.0 cm³/mol. The van der Waals surface area contributed by atoms with Gasteiger partial charge in [-0.25, -0.2) is 17.5 Å². The van der Waals surface area contributed by atoms with Crippen LogP contribution in [-0.2, 0) is 14.8 Å². The van der Waals surface area contributed by atoms with E-state index in [1.165, 1.54) is 31.4 Å². The molecule has 6 nitrogen and oxygen atoms in total. The number of hydrogen-bond donors (Lipinski definition) is 2. The van der Waals surface area contributed by atoms with Crippen molar-refractivity contribution < 1.29 is 22.3 Å². The third-order valence-electron chi connectivity index (χ3n) is 2.56. The van der Waals surface area contributed by atoms with Gasteiger partial charge in [0.25, 0.3) is 5.91 Å². The molecule has 118 valence electrons. The Hall–Kier alpha value is -1.51. The molecule has 1 atom stereocenters. The van der Waals surface area contributed by atoms with Crippen LogP contribution in [0.3, 0.4) is 0 Å². The fraction of sp³-hybridized carbons (Fsp3) is 0.462. The highest BCUT2D eigenvalue weighted by atomic mass is 32.2. The van der Waals surface area contributed by atoms with E-state index in [0.29, 0.717) is 0 Å². The van der Waals surface area contributed by atoms with Crippen molar-refractivity contribution in [3.8, 4) is 0 Å². The van der Waals surface area contributed by atoms with Crippen LogP contribution in [0.4, 0.5) is 4.39 Å². The molecule has 0 heterocycles. The Morgan fingerprint density at radius 2 is 1.95 bits per heavy atom. The van der Waals surface area contributed by atoms with Crippen molar-refractivity contribution in [3.63, 3.8) is 0 Å². The Morgan fingerprint density at radius 1 is 1.33 bits per heavy atom. The molecular formula is C13H19FN2O4S. The van der Waals surface area contributed by atoms with Crippen LogP contribution in [0.2, 0.25) is 0 Å². The number of rotatable bonds is 8. The summed E-state index contributed by atoms with van der Waals surface area (Å²) in [5.41, 5.74) is 0.273. The number of halogens is 1. The first-order valence-corrected chi connectivity index (χ1v) is 8.02. The number of carbonyl (C=O) groups excluding carboxylic acids is 1. The van der Waals surface area contributed by atoms with Gasteiger partial charge in [-0.1, -0.05) is 0 Å². The lowest BCUT2D eigenvalue weighted by Gasteiger charge is -2.13. The molecule has 2 N–H and O–H groups in total. The Morgan fingerprint density at radius 3 is 2.52 bits per heavy atom. The first kappa shape index (κ1) is 17.5. The molecule has 8 heteroatoms. The van der Waals surface area contributed by atoms with E-state index in [1.54, 1.807) is 6.92 Å². The zero-order chi connectivity index (χ0) is 15.9. The van der Waals surface area contributed by atoms with Crippen LogP contribution in [0.15, 0.2) is 24.3 Å². The highest BCUT2D eigenvalue weighted by Crippen LogP contribution is 2.02. The Bertz CT molecular complexity index is 560. The van der Waals surface area contributed by atoms with Gasteiger partial charge in [-0.15, -0.1) is 0 Å². The maximum Gasteiger partial charge on any atom is 0.251 e. The Balaban J connectivity index is 2.42. The topological polar surface area (TPSA) is 84.5 Å². The van der Waals surface area contributed by atoms with E-state index in [2.05, 4.69) is 10.0 Å². The van der Waals surface area contributed by atoms with Crippen LogP contribution in [0.25, 0.3) is 0 Å². The van der Waals surface area contributed by atoms with Crippen molar-refractivity contribution in [1.82, 2.24) is 10.0 Å². The van der Waals surface area contributed by atoms with E-state index in [9.17, 15) is 17.6 Å². The molecule has 1 amide bonds. The molecule has 0 unspecified atom stereocenters. The second kappa shape index (κ2) is 8.06. The number of nitrogens with one attached hydrogen (secondary N) is 2. The van der Waals surface area contributed by atoms with Gasteiger partial charge < -0.3 is 10.1 Å². The second-order valence-corrected chi connectivity index (χ2v) is 6.43. The number of carbonyl (C=O) groups is 1. The average Bonchev–Trinajstić information content (AvgIpc) is 2.38. The molecule has 0 aliphatic heterocycles. The lowest BCUT2D eigenvalue weighted by atomic mass is 10.2. The van der Waals surface area contributed by atoms with E-state index >= 15 is 0 Å². The number of benzene rings is 1. The van der Waals surface area contributed by atoms with Gasteiger partial charge in [-0.05, 0) is 31.2 Å². The summed E-state index contributed by atoms with van der Waals surface area (Å²) in [5, 5.41) is 2.47. The lowest BCUT2D eigenvalue weighted by Crippen LogP contribution is -2.40. The van der Waals surface area contributed by atoms with Crippen molar-refractivity contribution in [2.75, 3.05) is 26.0 Å². The summed E-state index contributed by atoms with van der Waals surface area (Å²) in [5.74, 6) is -1.13. The maximum absolute atomic E-state index is 12.7. The van der Waals surface area contributed by atoms with E-state index in [4.69, 9.17) is 4.74 Å². The molecule has 0 bridgehead atoms. The molecule has 21 heavy (non-hydrogen) atoms. The van der Waals surface area contributed by atoms with E-state index in [1.807, 2.05) is 0 Å². The highest BCUT2D eigenvalue weighted by Gasteiger charge is 2.15. The molecular weight excluding hydrogens is 299 g/mol. The monoisotopic (exact) mass is 318 g/mol. The number of hydrogen-bond acceptors (Lipinski definition) is 4. The van der Waals surface area contributed by atoms with Gasteiger partial charge >= 0.3 is 0 Å². The zero-order valence-corrected chi connectivity index (χ0v) is 12.7. The zero-order valence-electron chi connectivity index (χ0n) is 11.9. The highest BCUT2D eigenvalue weighted by molar-refractivity contribution is 7.89. The molecule has 0 saturated carbocycles. The maximum atomic E-state index is 12.7. The van der Waals surface area contributed by atoms with Gasteiger partial charge in [0.05, 0.1) is 12.4 Å². The van der Waals surface area contributed by atoms with E-state index in [-0.39, 0.29) is 30.5 Å². The molecule has 0 aliphatic rings. The fourth-order valence-electron chi connectivity index (χ4n) is 1.65. The van der Waals surface area contributed by atoms with Crippen LogP contribution in [0, 0.1) is 5.82 Å². The van der Waals surface area contributed by atoms with Crippen molar-refractivity contribution in [1.29, 1.82) is 0 Å². The van der Waals surface area contributed by atoms with Gasteiger partial charge in [0.1, 0.15) is 5.82 Å². The summed E-state index contributed by atoms with van der Waals surface area (Å²) >= 11 is 0. The molecule has 0 fully saturated rings. The predicted octanol–water partition coefficient (Wildman–Crippen LogP) is 0.510. The SMILES string of the molecule is COC[C@@H](C)NS(=O)(=O)CCNC(=O)c1ccc(F)cc1. The summed E-state index contributed by atoms with van der Waals surface area (Å²) in [7, 11) is -2.01. The molecule has 1 rings (SSSR count). The van der Waals surface area contributed by atoms with E-state index < -0.39 is 21.7 Å². The summed E-state index contributed by atoms with van der Waals surface area (Å²) in [6.07, 6.45) is 0. The van der Waals surface area contributed by atoms with Gasteiger partial charge in [0.15, 0.2) is 0 Å². The second-order valence-electron chi connectivity index (χ2n) is 4.56. The van der Waals surface area contributed by atoms with Crippen molar-refractivity contribution >= 4 is 15.9 Å². The molecule has 0 saturated heterocycles. The van der Waals surface area contributed by atoms with Crippen LogP contribution >= 0.6 is 0 Å². The van der Waals surface area contributed by atoms with Gasteiger partial charge in [-0.2, -0.15) is 0 Å². The smallest absolute Gasteiger partial charge is 0.251 e. The Labute approximate surface area is 123 Å². The van der Waals surface area contributed by atoms with Crippen molar-refractivity contribution in [3.05, 3.63) is 35.6 Å². The number of amides is 1. The van der Waals surface area contributed by atoms with Crippen molar-refractivity contribution in [2.24, 2.45) is 0 Å². The Kier molecular flexibility index (Phi) is 6.73. The number of methoxy groups -OCH3 is 1. The third-order valence-corrected chi connectivity index (χ3v) is 4.06. The van der Waals surface area contributed by atoms with Crippen LogP contribution < -0.4 is 10.0 Å². The standard InChI is InChI=1S/C13H19FN2O4S/c1-10(9-20-2)16-21(18,19)8-7-15-13(17)11-3-5-12(14)6-4-11/h3-6,10,16H,7-9H2,1-2H3,(H,15,17)/t10-/m1/s1. The van der Waals surface area contributed by atoms with Crippen molar-refractivity contribution in [2.45, 2.75) is 13.0 Å². The van der Waals surface area contributed by atoms with Crippen LogP contribution in [0.1, 0.15) is 17.3 Å². The molecule has 1 aromatic carbocycles. The van der Waals surface area contributed by atoms with Gasteiger partial charge in [0.2, 0.25) is 10.0 Å². The molecule has 0 radical (unpaired) electrons. The van der Waals surface area contributed by atoms with Crippen LogP contribution in [-0.4, -0.2) is 46.4 Å². The molecule has 0 aromatic heterocycles. The quantitative estimate of drug-likeness (QED) is 0.731. The summed E-state index contributed by atoms with van der Waals surface area (Å²) in [6.45, 7) is 1.91. The molecule has 1 aromatic rings. The minimum absolute atomic E-state index is 0.0365. The summed E-state index contributed by atoms with van der Waals surface area (Å²) in [6, 6.07) is 4.66. The first-order valence-electron chi connectivity index (χ1n) is 6.37. The first-order chi connectivity index (χ1) is 9.84. The van der Waals surface area contributed by atoms with Crippen LogP contribution in [0.5, 0.6) is 0 Å². The number of sulfonamides is 1. The average molecular weight is 318 g/mol. The summed E-state index contributed by atoms with van der Waals surface area (Å²) < 4.78 is 43.4. The number of ether oxygens (including phenoxy) is 1. The van der Waals surface area contributed by atoms with Gasteiger partial charge in [-0.3, -0.25) is 4.79 Å². The fourth-order valence-corrected chi connectivity index (χ4v) is 2.82. The van der Waals surface area contributed by atoms with Gasteiger partial charge in [0, 0.05) is 25.3 Å². The molecule has 0 aliphatic carbocycles. The molecule has 0 spiro atoms. The van der Waals surface area contributed by atoms with E-state index in [0.717, 1.165) is 0 Å². The minimum atomic E-state index is -3.49. The third kappa shape index (κ3) is 6.65.